The molecule has 2 heteroatoms. The molecule has 1 fully saturated rings. The van der Waals surface area contributed by atoms with E-state index in [-0.39, 0.29) is 5.78 Å². The molecule has 0 saturated heterocycles. The summed E-state index contributed by atoms with van der Waals surface area (Å²) in [5.41, 5.74) is 0.718. The van der Waals surface area contributed by atoms with E-state index in [2.05, 4.69) is 12.1 Å². The van der Waals surface area contributed by atoms with Crippen LogP contribution in [0.15, 0.2) is 30.3 Å². The minimum absolute atomic E-state index is 0.245. The summed E-state index contributed by atoms with van der Waals surface area (Å²) in [6, 6.07) is 10.1. The van der Waals surface area contributed by atoms with Gasteiger partial charge in [0.25, 0.3) is 0 Å². The second-order valence-corrected chi connectivity index (χ2v) is 5.59. The van der Waals surface area contributed by atoms with Gasteiger partial charge >= 0.3 is 0 Å². The van der Waals surface area contributed by atoms with E-state index in [1.54, 1.807) is 0 Å². The number of rotatable bonds is 4. The number of benzene rings is 1. The summed E-state index contributed by atoms with van der Waals surface area (Å²) in [5, 5.41) is 10.3. The fourth-order valence-electron chi connectivity index (χ4n) is 2.82. The van der Waals surface area contributed by atoms with E-state index in [4.69, 9.17) is 0 Å². The van der Waals surface area contributed by atoms with Gasteiger partial charge in [-0.3, -0.25) is 4.79 Å². The van der Waals surface area contributed by atoms with Crippen molar-refractivity contribution in [3.63, 3.8) is 0 Å². The predicted octanol–water partition coefficient (Wildman–Crippen LogP) is 3.13. The molecule has 0 unspecified atom stereocenters. The lowest BCUT2D eigenvalue weighted by Gasteiger charge is -2.36. The van der Waals surface area contributed by atoms with Crippen LogP contribution in [0.4, 0.5) is 0 Å². The molecule has 1 saturated carbocycles. The van der Waals surface area contributed by atoms with Gasteiger partial charge in [-0.2, -0.15) is 0 Å². The Morgan fingerprint density at radius 1 is 1.28 bits per heavy atom. The number of hydrogen-bond acceptors (Lipinski definition) is 2. The van der Waals surface area contributed by atoms with Crippen molar-refractivity contribution in [2.75, 3.05) is 0 Å². The highest BCUT2D eigenvalue weighted by atomic mass is 16.3. The summed E-state index contributed by atoms with van der Waals surface area (Å²) < 4.78 is 0. The van der Waals surface area contributed by atoms with Gasteiger partial charge in [-0.1, -0.05) is 43.7 Å². The zero-order chi connectivity index (χ0) is 13.0. The van der Waals surface area contributed by atoms with Crippen LogP contribution in [0.2, 0.25) is 0 Å². The van der Waals surface area contributed by atoms with Gasteiger partial charge in [-0.25, -0.2) is 0 Å². The average molecular weight is 246 g/mol. The summed E-state index contributed by atoms with van der Waals surface area (Å²) >= 11 is 0. The minimum Gasteiger partial charge on any atom is -0.392 e. The number of hydrogen-bond donors (Lipinski definition) is 1. The third kappa shape index (κ3) is 2.81. The lowest BCUT2D eigenvalue weighted by atomic mass is 9.69. The summed E-state index contributed by atoms with van der Waals surface area (Å²) in [4.78, 5) is 12.0. The molecule has 0 spiro atoms. The molecule has 98 valence electrons. The molecule has 0 aromatic heterocycles. The maximum Gasteiger partial charge on any atom is 0.141 e. The molecular formula is C16H22O2. The summed E-state index contributed by atoms with van der Waals surface area (Å²) in [6.07, 6.45) is 4.52. The molecule has 1 aliphatic carbocycles. The van der Waals surface area contributed by atoms with Crippen LogP contribution in [0.3, 0.4) is 0 Å². The van der Waals surface area contributed by atoms with Gasteiger partial charge in [-0.15, -0.1) is 0 Å². The largest absolute Gasteiger partial charge is 0.392 e. The molecule has 0 bridgehead atoms. The Morgan fingerprint density at radius 2 is 2.00 bits per heavy atom. The van der Waals surface area contributed by atoms with Gasteiger partial charge < -0.3 is 5.11 Å². The molecule has 1 N–H and O–H groups in total. The second kappa shape index (κ2) is 5.66. The standard InChI is InChI=1S/C16H22O2/c1-16(12-6-5-9-14(16)17)15(18)11-10-13-7-3-2-4-8-13/h2-4,7-8,15,18H,5-6,9-12H2,1H3/t15-,16+/m0/s1. The lowest BCUT2D eigenvalue weighted by Crippen LogP contribution is -2.42. The Hall–Kier alpha value is -1.15. The molecule has 0 aliphatic heterocycles. The van der Waals surface area contributed by atoms with Crippen LogP contribution in [0.5, 0.6) is 0 Å². The first kappa shape index (κ1) is 13.3. The van der Waals surface area contributed by atoms with Gasteiger partial charge in [0, 0.05) is 6.42 Å². The SMILES string of the molecule is C[C@@]1([C@@H](O)CCc2ccccc2)CCCCC1=O. The van der Waals surface area contributed by atoms with Gasteiger partial charge in [0.05, 0.1) is 11.5 Å². The minimum atomic E-state index is -0.509. The Morgan fingerprint density at radius 3 is 2.67 bits per heavy atom. The van der Waals surface area contributed by atoms with Crippen molar-refractivity contribution in [2.45, 2.75) is 51.6 Å². The Labute approximate surface area is 109 Å². The first-order valence-corrected chi connectivity index (χ1v) is 6.88. The van der Waals surface area contributed by atoms with E-state index >= 15 is 0 Å². The van der Waals surface area contributed by atoms with Gasteiger partial charge in [0.2, 0.25) is 0 Å². The summed E-state index contributed by atoms with van der Waals surface area (Å²) in [5.74, 6) is 0.245. The highest BCUT2D eigenvalue weighted by molar-refractivity contribution is 5.85. The van der Waals surface area contributed by atoms with Crippen LogP contribution < -0.4 is 0 Å². The topological polar surface area (TPSA) is 37.3 Å². The van der Waals surface area contributed by atoms with E-state index in [0.717, 1.165) is 25.7 Å². The van der Waals surface area contributed by atoms with Crippen LogP contribution in [0.1, 0.15) is 44.6 Å². The van der Waals surface area contributed by atoms with Crippen LogP contribution in [0, 0.1) is 5.41 Å². The zero-order valence-corrected chi connectivity index (χ0v) is 11.1. The third-order valence-corrected chi connectivity index (χ3v) is 4.27. The van der Waals surface area contributed by atoms with Crippen LogP contribution in [0.25, 0.3) is 0 Å². The Balaban J connectivity index is 1.95. The highest BCUT2D eigenvalue weighted by Crippen LogP contribution is 2.37. The number of aliphatic hydroxyl groups is 1. The molecule has 0 heterocycles. The number of aliphatic hydroxyl groups excluding tert-OH is 1. The number of ketones is 1. The van der Waals surface area contributed by atoms with Crippen LogP contribution in [-0.2, 0) is 11.2 Å². The van der Waals surface area contributed by atoms with Crippen molar-refractivity contribution in [1.29, 1.82) is 0 Å². The molecule has 2 rings (SSSR count). The molecule has 1 aromatic carbocycles. The van der Waals surface area contributed by atoms with Crippen molar-refractivity contribution in [2.24, 2.45) is 5.41 Å². The Kier molecular flexibility index (Phi) is 4.18. The summed E-state index contributed by atoms with van der Waals surface area (Å²) in [6.45, 7) is 1.93. The molecule has 0 amide bonds. The predicted molar refractivity (Wildman–Crippen MR) is 72.4 cm³/mol. The monoisotopic (exact) mass is 246 g/mol. The normalized spacial score (nSPS) is 26.0. The molecular weight excluding hydrogens is 224 g/mol. The van der Waals surface area contributed by atoms with E-state index in [1.807, 2.05) is 25.1 Å². The maximum atomic E-state index is 12.0. The molecule has 18 heavy (non-hydrogen) atoms. The first-order valence-electron chi connectivity index (χ1n) is 6.88. The van der Waals surface area contributed by atoms with Crippen molar-refractivity contribution < 1.29 is 9.90 Å². The number of carbonyl (C=O) groups is 1. The van der Waals surface area contributed by atoms with Crippen molar-refractivity contribution in [3.05, 3.63) is 35.9 Å². The van der Waals surface area contributed by atoms with E-state index in [0.29, 0.717) is 12.8 Å². The van der Waals surface area contributed by atoms with E-state index in [9.17, 15) is 9.90 Å². The number of aryl methyl sites for hydroxylation is 1. The van der Waals surface area contributed by atoms with Crippen molar-refractivity contribution in [3.8, 4) is 0 Å². The molecule has 0 radical (unpaired) electrons. The number of Topliss-reactive ketones (excluding diaryl/α,β-unsaturated/α-hetero) is 1. The quantitative estimate of drug-likeness (QED) is 0.886. The molecule has 2 nitrogen and oxygen atoms in total. The van der Waals surface area contributed by atoms with E-state index in [1.165, 1.54) is 5.56 Å². The lowest BCUT2D eigenvalue weighted by molar-refractivity contribution is -0.137. The average Bonchev–Trinajstić information content (AvgIpc) is 2.40. The molecule has 1 aromatic rings. The van der Waals surface area contributed by atoms with Gasteiger partial charge in [0.1, 0.15) is 5.78 Å². The second-order valence-electron chi connectivity index (χ2n) is 5.59. The third-order valence-electron chi connectivity index (χ3n) is 4.27. The van der Waals surface area contributed by atoms with E-state index < -0.39 is 11.5 Å². The fraction of sp³-hybridized carbons (Fsp3) is 0.562. The summed E-state index contributed by atoms with van der Waals surface area (Å²) in [7, 11) is 0. The molecule has 2 atom stereocenters. The zero-order valence-electron chi connectivity index (χ0n) is 11.1. The smallest absolute Gasteiger partial charge is 0.141 e. The Bertz CT molecular complexity index is 399. The highest BCUT2D eigenvalue weighted by Gasteiger charge is 2.40. The van der Waals surface area contributed by atoms with Crippen molar-refractivity contribution in [1.82, 2.24) is 0 Å². The maximum absolute atomic E-state index is 12.0. The van der Waals surface area contributed by atoms with Gasteiger partial charge in [-0.05, 0) is 31.2 Å². The van der Waals surface area contributed by atoms with Gasteiger partial charge in [0.15, 0.2) is 0 Å². The molecule has 1 aliphatic rings. The number of carbonyl (C=O) groups excluding carboxylic acids is 1. The van der Waals surface area contributed by atoms with Crippen LogP contribution >= 0.6 is 0 Å². The fourth-order valence-corrected chi connectivity index (χ4v) is 2.82. The van der Waals surface area contributed by atoms with Crippen LogP contribution in [-0.4, -0.2) is 17.0 Å². The first-order chi connectivity index (χ1) is 8.63. The van der Waals surface area contributed by atoms with Crippen molar-refractivity contribution >= 4 is 5.78 Å².